The van der Waals surface area contributed by atoms with Crippen LogP contribution >= 0.6 is 11.3 Å². The highest BCUT2D eigenvalue weighted by atomic mass is 32.1. The Balaban J connectivity index is 1.97. The standard InChI is InChI=1S/C18H23N3O2S/c1-5-18(4,17-20-13(3)11-24-17)21-15(22)10-19-16(23)14-9-7-6-8-12(14)2/h6-9,11H,5,10H2,1-4H3,(H,19,23)(H,21,22). The molecule has 0 aliphatic carbocycles. The number of benzene rings is 1. The second-order valence-corrected chi connectivity index (χ2v) is 6.88. The molecule has 0 saturated carbocycles. The van der Waals surface area contributed by atoms with Gasteiger partial charge in [-0.2, -0.15) is 0 Å². The van der Waals surface area contributed by atoms with Gasteiger partial charge in [-0.3, -0.25) is 9.59 Å². The number of carbonyl (C=O) groups excluding carboxylic acids is 2. The first kappa shape index (κ1) is 18.1. The van der Waals surface area contributed by atoms with Crippen molar-refractivity contribution in [3.8, 4) is 0 Å². The molecule has 0 fully saturated rings. The van der Waals surface area contributed by atoms with Crippen LogP contribution in [0.25, 0.3) is 0 Å². The van der Waals surface area contributed by atoms with Crippen molar-refractivity contribution in [2.75, 3.05) is 6.54 Å². The second kappa shape index (κ2) is 7.57. The molecule has 0 aliphatic rings. The molecule has 0 bridgehead atoms. The monoisotopic (exact) mass is 345 g/mol. The minimum atomic E-state index is -0.524. The summed E-state index contributed by atoms with van der Waals surface area (Å²) < 4.78 is 0. The molecule has 6 heteroatoms. The summed E-state index contributed by atoms with van der Waals surface area (Å²) >= 11 is 1.53. The molecular weight excluding hydrogens is 322 g/mol. The quantitative estimate of drug-likeness (QED) is 0.845. The maximum atomic E-state index is 12.3. The molecule has 2 aromatic rings. The van der Waals surface area contributed by atoms with Gasteiger partial charge in [-0.15, -0.1) is 11.3 Å². The fourth-order valence-electron chi connectivity index (χ4n) is 2.34. The van der Waals surface area contributed by atoms with E-state index in [0.717, 1.165) is 22.7 Å². The van der Waals surface area contributed by atoms with E-state index in [1.807, 2.05) is 45.2 Å². The van der Waals surface area contributed by atoms with Gasteiger partial charge in [-0.1, -0.05) is 25.1 Å². The summed E-state index contributed by atoms with van der Waals surface area (Å²) in [6, 6.07) is 7.30. The predicted molar refractivity (Wildman–Crippen MR) is 96.1 cm³/mol. The van der Waals surface area contributed by atoms with Gasteiger partial charge in [0.2, 0.25) is 5.91 Å². The fourth-order valence-corrected chi connectivity index (χ4v) is 3.32. The smallest absolute Gasteiger partial charge is 0.251 e. The van der Waals surface area contributed by atoms with Crippen LogP contribution < -0.4 is 10.6 Å². The maximum Gasteiger partial charge on any atom is 0.251 e. The van der Waals surface area contributed by atoms with Crippen LogP contribution in [0.3, 0.4) is 0 Å². The first-order chi connectivity index (χ1) is 11.4. The van der Waals surface area contributed by atoms with Crippen molar-refractivity contribution in [2.45, 2.75) is 39.7 Å². The minimum absolute atomic E-state index is 0.0624. The lowest BCUT2D eigenvalue weighted by Gasteiger charge is -2.27. The van der Waals surface area contributed by atoms with Crippen molar-refractivity contribution in [2.24, 2.45) is 0 Å². The zero-order chi connectivity index (χ0) is 17.7. The number of nitrogens with one attached hydrogen (secondary N) is 2. The maximum absolute atomic E-state index is 12.3. The molecule has 2 rings (SSSR count). The highest BCUT2D eigenvalue weighted by molar-refractivity contribution is 7.09. The highest BCUT2D eigenvalue weighted by Gasteiger charge is 2.29. The van der Waals surface area contributed by atoms with E-state index in [0.29, 0.717) is 5.56 Å². The van der Waals surface area contributed by atoms with E-state index in [1.165, 1.54) is 11.3 Å². The first-order valence-electron chi connectivity index (χ1n) is 7.93. The summed E-state index contributed by atoms with van der Waals surface area (Å²) in [5, 5.41) is 8.51. The topological polar surface area (TPSA) is 71.1 Å². The van der Waals surface area contributed by atoms with Crippen molar-refractivity contribution in [1.29, 1.82) is 0 Å². The molecule has 1 aromatic heterocycles. The van der Waals surface area contributed by atoms with Gasteiger partial charge < -0.3 is 10.6 Å². The Morgan fingerprint density at radius 1 is 1.25 bits per heavy atom. The average molecular weight is 345 g/mol. The van der Waals surface area contributed by atoms with Gasteiger partial charge in [-0.25, -0.2) is 4.98 Å². The van der Waals surface area contributed by atoms with E-state index in [4.69, 9.17) is 0 Å². The number of rotatable bonds is 6. The number of hydrogen-bond acceptors (Lipinski definition) is 4. The van der Waals surface area contributed by atoms with Crippen LogP contribution in [0.5, 0.6) is 0 Å². The molecule has 24 heavy (non-hydrogen) atoms. The first-order valence-corrected chi connectivity index (χ1v) is 8.81. The molecule has 0 aliphatic heterocycles. The predicted octanol–water partition coefficient (Wildman–Crippen LogP) is 2.93. The fraction of sp³-hybridized carbons (Fsp3) is 0.389. The summed E-state index contributed by atoms with van der Waals surface area (Å²) in [5.74, 6) is -0.472. The van der Waals surface area contributed by atoms with Gasteiger partial charge in [0.1, 0.15) is 5.01 Å². The van der Waals surface area contributed by atoms with Crippen molar-refractivity contribution in [1.82, 2.24) is 15.6 Å². The Morgan fingerprint density at radius 3 is 2.54 bits per heavy atom. The Morgan fingerprint density at radius 2 is 1.96 bits per heavy atom. The van der Waals surface area contributed by atoms with Crippen molar-refractivity contribution < 1.29 is 9.59 Å². The Hall–Kier alpha value is -2.21. The molecule has 0 saturated heterocycles. The molecule has 1 atom stereocenters. The Kier molecular flexibility index (Phi) is 5.72. The van der Waals surface area contributed by atoms with E-state index in [-0.39, 0.29) is 18.4 Å². The molecule has 2 N–H and O–H groups in total. The SMILES string of the molecule is CCC(C)(NC(=O)CNC(=O)c1ccccc1C)c1nc(C)cs1. The van der Waals surface area contributed by atoms with Crippen molar-refractivity contribution >= 4 is 23.2 Å². The summed E-state index contributed by atoms with van der Waals surface area (Å²) in [4.78, 5) is 28.9. The molecule has 1 heterocycles. The van der Waals surface area contributed by atoms with E-state index < -0.39 is 5.54 Å². The number of hydrogen-bond donors (Lipinski definition) is 2. The van der Waals surface area contributed by atoms with Gasteiger partial charge in [0.15, 0.2) is 0 Å². The van der Waals surface area contributed by atoms with E-state index in [9.17, 15) is 9.59 Å². The van der Waals surface area contributed by atoms with Crippen LogP contribution in [0.2, 0.25) is 0 Å². The molecule has 1 unspecified atom stereocenters. The van der Waals surface area contributed by atoms with E-state index in [2.05, 4.69) is 15.6 Å². The third kappa shape index (κ3) is 4.20. The lowest BCUT2D eigenvalue weighted by Crippen LogP contribution is -2.47. The van der Waals surface area contributed by atoms with Gasteiger partial charge in [0.25, 0.3) is 5.91 Å². The number of carbonyl (C=O) groups is 2. The Bertz CT molecular complexity index is 741. The lowest BCUT2D eigenvalue weighted by molar-refractivity contribution is -0.122. The van der Waals surface area contributed by atoms with Gasteiger partial charge in [0.05, 0.1) is 12.1 Å². The minimum Gasteiger partial charge on any atom is -0.343 e. The number of aryl methyl sites for hydroxylation is 2. The molecule has 2 amide bonds. The Labute approximate surface area is 146 Å². The van der Waals surface area contributed by atoms with Crippen LogP contribution in [0.4, 0.5) is 0 Å². The molecular formula is C18H23N3O2S. The highest BCUT2D eigenvalue weighted by Crippen LogP contribution is 2.27. The molecule has 0 spiro atoms. The number of amides is 2. The summed E-state index contributed by atoms with van der Waals surface area (Å²) in [7, 11) is 0. The number of thiazole rings is 1. The molecule has 0 radical (unpaired) electrons. The number of aromatic nitrogens is 1. The largest absolute Gasteiger partial charge is 0.343 e. The van der Waals surface area contributed by atoms with Crippen LogP contribution in [-0.4, -0.2) is 23.3 Å². The van der Waals surface area contributed by atoms with Crippen LogP contribution in [0.15, 0.2) is 29.6 Å². The van der Waals surface area contributed by atoms with Gasteiger partial charge in [0, 0.05) is 16.6 Å². The van der Waals surface area contributed by atoms with Gasteiger partial charge in [-0.05, 0) is 38.8 Å². The van der Waals surface area contributed by atoms with Crippen molar-refractivity contribution in [3.05, 3.63) is 51.5 Å². The normalized spacial score (nSPS) is 13.2. The second-order valence-electron chi connectivity index (χ2n) is 6.03. The zero-order valence-electron chi connectivity index (χ0n) is 14.5. The van der Waals surface area contributed by atoms with Crippen molar-refractivity contribution in [3.63, 3.8) is 0 Å². The zero-order valence-corrected chi connectivity index (χ0v) is 15.3. The average Bonchev–Trinajstić information content (AvgIpc) is 3.00. The summed E-state index contributed by atoms with van der Waals surface area (Å²) in [5.41, 5.74) is 1.88. The van der Waals surface area contributed by atoms with E-state index in [1.54, 1.807) is 12.1 Å². The van der Waals surface area contributed by atoms with Gasteiger partial charge >= 0.3 is 0 Å². The van der Waals surface area contributed by atoms with Crippen LogP contribution in [0.1, 0.15) is 46.9 Å². The van der Waals surface area contributed by atoms with E-state index >= 15 is 0 Å². The number of nitrogens with zero attached hydrogens (tertiary/aromatic N) is 1. The lowest BCUT2D eigenvalue weighted by atomic mass is 10.00. The third-order valence-corrected chi connectivity index (χ3v) is 5.24. The molecule has 1 aromatic carbocycles. The third-order valence-electron chi connectivity index (χ3n) is 4.01. The van der Waals surface area contributed by atoms with Crippen LogP contribution in [-0.2, 0) is 10.3 Å². The molecule has 128 valence electrons. The van der Waals surface area contributed by atoms with Crippen LogP contribution in [0, 0.1) is 13.8 Å². The molecule has 5 nitrogen and oxygen atoms in total. The summed E-state index contributed by atoms with van der Waals surface area (Å²) in [6.45, 7) is 7.69. The summed E-state index contributed by atoms with van der Waals surface area (Å²) in [6.07, 6.45) is 0.720.